The Hall–Kier alpha value is -1.66. The second-order valence-electron chi connectivity index (χ2n) is 3.62. The number of nitrogens with one attached hydrogen (secondary N) is 1. The van der Waals surface area contributed by atoms with Crippen molar-refractivity contribution >= 4 is 16.5 Å². The van der Waals surface area contributed by atoms with E-state index in [1.807, 2.05) is 31.2 Å². The highest BCUT2D eigenvalue weighted by Gasteiger charge is 2.04. The largest absolute Gasteiger partial charge is 0.486 e. The fourth-order valence-corrected chi connectivity index (χ4v) is 2.09. The van der Waals surface area contributed by atoms with E-state index in [-0.39, 0.29) is 6.61 Å². The minimum absolute atomic E-state index is 0.0444. The monoisotopic (exact) mass is 265 g/mol. The minimum atomic E-state index is 0.0444. The van der Waals surface area contributed by atoms with Crippen LogP contribution in [0.5, 0.6) is 5.75 Å². The number of ether oxygens (including phenoxy) is 1. The Labute approximate surface area is 109 Å². The van der Waals surface area contributed by atoms with E-state index >= 15 is 0 Å². The molecule has 2 rings (SSSR count). The third-order valence-corrected chi connectivity index (χ3v) is 3.12. The lowest BCUT2D eigenvalue weighted by Gasteiger charge is -2.03. The molecule has 0 unspecified atom stereocenters. The molecule has 6 heteroatoms. The van der Waals surface area contributed by atoms with Gasteiger partial charge in [0.05, 0.1) is 6.61 Å². The smallest absolute Gasteiger partial charge is 0.205 e. The Morgan fingerprint density at radius 1 is 1.28 bits per heavy atom. The van der Waals surface area contributed by atoms with Gasteiger partial charge in [0.2, 0.25) is 5.13 Å². The molecule has 1 aromatic heterocycles. The van der Waals surface area contributed by atoms with E-state index in [0.29, 0.717) is 6.61 Å². The molecule has 18 heavy (non-hydrogen) atoms. The van der Waals surface area contributed by atoms with Gasteiger partial charge in [0.1, 0.15) is 12.4 Å². The van der Waals surface area contributed by atoms with Crippen LogP contribution in [0.15, 0.2) is 24.3 Å². The fourth-order valence-electron chi connectivity index (χ4n) is 1.37. The summed E-state index contributed by atoms with van der Waals surface area (Å²) in [7, 11) is 0. The maximum absolute atomic E-state index is 8.93. The molecule has 0 spiro atoms. The first-order valence-corrected chi connectivity index (χ1v) is 6.52. The van der Waals surface area contributed by atoms with Gasteiger partial charge >= 0.3 is 0 Å². The second kappa shape index (κ2) is 6.32. The third kappa shape index (κ3) is 3.41. The van der Waals surface area contributed by atoms with E-state index in [1.165, 1.54) is 11.3 Å². The number of aliphatic hydroxyl groups excluding tert-OH is 1. The van der Waals surface area contributed by atoms with Crippen molar-refractivity contribution < 1.29 is 9.84 Å². The van der Waals surface area contributed by atoms with Gasteiger partial charge in [0, 0.05) is 6.54 Å². The van der Waals surface area contributed by atoms with Crippen molar-refractivity contribution in [2.24, 2.45) is 0 Å². The standard InChI is InChI=1S/C12H15N3O2S/c1-2-13-12-15-14-11(18-12)8-17-10-5-3-9(7-16)4-6-10/h3-6,16H,2,7-8H2,1H3,(H,13,15). The lowest BCUT2D eigenvalue weighted by Crippen LogP contribution is -1.95. The molecule has 2 aromatic rings. The molecule has 0 saturated carbocycles. The predicted molar refractivity (Wildman–Crippen MR) is 70.8 cm³/mol. The number of hydrogen-bond acceptors (Lipinski definition) is 6. The number of nitrogens with zero attached hydrogens (tertiary/aromatic N) is 2. The van der Waals surface area contributed by atoms with Crippen LogP contribution in [0.1, 0.15) is 17.5 Å². The Morgan fingerprint density at radius 3 is 2.72 bits per heavy atom. The van der Waals surface area contributed by atoms with Gasteiger partial charge in [-0.3, -0.25) is 0 Å². The number of benzene rings is 1. The van der Waals surface area contributed by atoms with Crippen LogP contribution in [0.2, 0.25) is 0 Å². The van der Waals surface area contributed by atoms with Crippen LogP contribution >= 0.6 is 11.3 Å². The van der Waals surface area contributed by atoms with Crippen LogP contribution in [0.3, 0.4) is 0 Å². The van der Waals surface area contributed by atoms with E-state index in [1.54, 1.807) is 0 Å². The molecule has 0 amide bonds. The normalized spacial score (nSPS) is 10.3. The first-order chi connectivity index (χ1) is 8.81. The molecule has 5 nitrogen and oxygen atoms in total. The SMILES string of the molecule is CCNc1nnc(COc2ccc(CO)cc2)s1. The zero-order valence-electron chi connectivity index (χ0n) is 10.1. The molecule has 0 fully saturated rings. The lowest BCUT2D eigenvalue weighted by molar-refractivity contribution is 0.280. The summed E-state index contributed by atoms with van der Waals surface area (Å²) in [5.74, 6) is 0.757. The van der Waals surface area contributed by atoms with Gasteiger partial charge in [-0.15, -0.1) is 10.2 Å². The van der Waals surface area contributed by atoms with Crippen molar-refractivity contribution in [3.8, 4) is 5.75 Å². The molecule has 2 N–H and O–H groups in total. The van der Waals surface area contributed by atoms with Gasteiger partial charge in [0.25, 0.3) is 0 Å². The summed E-state index contributed by atoms with van der Waals surface area (Å²) < 4.78 is 5.58. The Balaban J connectivity index is 1.89. The number of aromatic nitrogens is 2. The summed E-state index contributed by atoms with van der Waals surface area (Å²) in [6, 6.07) is 7.33. The molecule has 0 atom stereocenters. The third-order valence-electron chi connectivity index (χ3n) is 2.26. The second-order valence-corrected chi connectivity index (χ2v) is 4.68. The highest BCUT2D eigenvalue weighted by atomic mass is 32.1. The first-order valence-electron chi connectivity index (χ1n) is 5.70. The van der Waals surface area contributed by atoms with E-state index in [2.05, 4.69) is 15.5 Å². The maximum atomic E-state index is 8.93. The van der Waals surface area contributed by atoms with Crippen LogP contribution < -0.4 is 10.1 Å². The highest BCUT2D eigenvalue weighted by molar-refractivity contribution is 7.15. The van der Waals surface area contributed by atoms with Crippen molar-refractivity contribution in [3.63, 3.8) is 0 Å². The summed E-state index contributed by atoms with van der Waals surface area (Å²) in [5, 5.41) is 21.7. The average molecular weight is 265 g/mol. The van der Waals surface area contributed by atoms with Crippen molar-refractivity contribution in [1.82, 2.24) is 10.2 Å². The van der Waals surface area contributed by atoms with Crippen LogP contribution in [0, 0.1) is 0 Å². The zero-order chi connectivity index (χ0) is 12.8. The molecule has 0 radical (unpaired) electrons. The fraction of sp³-hybridized carbons (Fsp3) is 0.333. The summed E-state index contributed by atoms with van der Waals surface area (Å²) in [6.07, 6.45) is 0. The van der Waals surface area contributed by atoms with Crippen LogP contribution in [0.25, 0.3) is 0 Å². The molecule has 1 heterocycles. The number of anilines is 1. The molecule has 0 aliphatic carbocycles. The number of aliphatic hydroxyl groups is 1. The van der Waals surface area contributed by atoms with Crippen molar-refractivity contribution in [2.45, 2.75) is 20.1 Å². The summed E-state index contributed by atoms with van der Waals surface area (Å²) in [5.41, 5.74) is 0.868. The molecule has 0 saturated heterocycles. The number of rotatable bonds is 6. The molecule has 1 aromatic carbocycles. The van der Waals surface area contributed by atoms with Gasteiger partial charge in [-0.25, -0.2) is 0 Å². The summed E-state index contributed by atoms with van der Waals surface area (Å²) in [4.78, 5) is 0. The minimum Gasteiger partial charge on any atom is -0.486 e. The van der Waals surface area contributed by atoms with Crippen LogP contribution in [0.4, 0.5) is 5.13 Å². The Morgan fingerprint density at radius 2 is 2.06 bits per heavy atom. The van der Waals surface area contributed by atoms with Gasteiger partial charge < -0.3 is 15.2 Å². The quantitative estimate of drug-likeness (QED) is 0.836. The van der Waals surface area contributed by atoms with E-state index in [9.17, 15) is 0 Å². The maximum Gasteiger partial charge on any atom is 0.205 e. The van der Waals surface area contributed by atoms with Crippen molar-refractivity contribution in [3.05, 3.63) is 34.8 Å². The van der Waals surface area contributed by atoms with Crippen molar-refractivity contribution in [1.29, 1.82) is 0 Å². The van der Waals surface area contributed by atoms with Crippen LogP contribution in [-0.2, 0) is 13.2 Å². The van der Waals surface area contributed by atoms with Gasteiger partial charge in [0.15, 0.2) is 5.01 Å². The van der Waals surface area contributed by atoms with E-state index in [4.69, 9.17) is 9.84 Å². The van der Waals surface area contributed by atoms with Gasteiger partial charge in [-0.05, 0) is 24.6 Å². The predicted octanol–water partition coefficient (Wildman–Crippen LogP) is 2.04. The van der Waals surface area contributed by atoms with Gasteiger partial charge in [-0.2, -0.15) is 0 Å². The van der Waals surface area contributed by atoms with Crippen molar-refractivity contribution in [2.75, 3.05) is 11.9 Å². The first kappa shape index (κ1) is 12.8. The zero-order valence-corrected chi connectivity index (χ0v) is 10.9. The lowest BCUT2D eigenvalue weighted by atomic mass is 10.2. The molecular weight excluding hydrogens is 250 g/mol. The van der Waals surface area contributed by atoms with Gasteiger partial charge in [-0.1, -0.05) is 23.5 Å². The van der Waals surface area contributed by atoms with E-state index < -0.39 is 0 Å². The van der Waals surface area contributed by atoms with E-state index in [0.717, 1.165) is 28.0 Å². The molecule has 0 aliphatic heterocycles. The summed E-state index contributed by atoms with van der Waals surface area (Å²) in [6.45, 7) is 3.29. The topological polar surface area (TPSA) is 67.3 Å². The van der Waals surface area contributed by atoms with Crippen LogP contribution in [-0.4, -0.2) is 21.8 Å². The Kier molecular flexibility index (Phi) is 4.49. The number of hydrogen-bond donors (Lipinski definition) is 2. The molecule has 0 aliphatic rings. The molecular formula is C12H15N3O2S. The summed E-state index contributed by atoms with van der Waals surface area (Å²) >= 11 is 1.49. The Bertz CT molecular complexity index is 484. The molecule has 96 valence electrons. The average Bonchev–Trinajstić information content (AvgIpc) is 2.85. The highest BCUT2D eigenvalue weighted by Crippen LogP contribution is 2.18. The molecule has 0 bridgehead atoms.